The van der Waals surface area contributed by atoms with E-state index in [1.807, 2.05) is 36.4 Å². The van der Waals surface area contributed by atoms with Crippen molar-refractivity contribution in [1.82, 2.24) is 0 Å². The van der Waals surface area contributed by atoms with Gasteiger partial charge in [0.15, 0.2) is 0 Å². The molecule has 0 saturated carbocycles. The predicted octanol–water partition coefficient (Wildman–Crippen LogP) is 1.34. The third-order valence-corrected chi connectivity index (χ3v) is 1.71. The molecule has 0 aliphatic carbocycles. The molecule has 4 nitrogen and oxygen atoms in total. The van der Waals surface area contributed by atoms with Crippen LogP contribution in [0.3, 0.4) is 0 Å². The van der Waals surface area contributed by atoms with Gasteiger partial charge in [0.25, 0.3) is 0 Å². The standard InChI is InChI=1S/C7H16O4.C6H6/c1-9-4-5-11-7-6-10-3-2-8;1-2-4-6-5-3-1/h8H,2-7H2,1H3;1-6H. The van der Waals surface area contributed by atoms with Crippen LogP contribution in [0.4, 0.5) is 0 Å². The lowest BCUT2D eigenvalue weighted by molar-refractivity contribution is 0.0159. The normalized spacial score (nSPS) is 9.53. The van der Waals surface area contributed by atoms with E-state index in [9.17, 15) is 0 Å². The van der Waals surface area contributed by atoms with E-state index in [-0.39, 0.29) is 6.61 Å². The van der Waals surface area contributed by atoms with E-state index in [4.69, 9.17) is 19.3 Å². The Labute approximate surface area is 103 Å². The topological polar surface area (TPSA) is 47.9 Å². The van der Waals surface area contributed by atoms with E-state index in [1.54, 1.807) is 7.11 Å². The van der Waals surface area contributed by atoms with Crippen LogP contribution in [0.15, 0.2) is 36.4 Å². The number of hydrogen-bond acceptors (Lipinski definition) is 4. The summed E-state index contributed by atoms with van der Waals surface area (Å²) < 4.78 is 14.8. The molecular weight excluding hydrogens is 220 g/mol. The summed E-state index contributed by atoms with van der Waals surface area (Å²) in [4.78, 5) is 0. The fourth-order valence-corrected chi connectivity index (χ4v) is 0.914. The number of aliphatic hydroxyl groups excluding tert-OH is 1. The lowest BCUT2D eigenvalue weighted by Crippen LogP contribution is -2.09. The molecular formula is C13H22O4. The van der Waals surface area contributed by atoms with E-state index < -0.39 is 0 Å². The Morgan fingerprint density at radius 2 is 1.12 bits per heavy atom. The molecule has 0 amide bonds. The first-order valence-electron chi connectivity index (χ1n) is 5.67. The monoisotopic (exact) mass is 242 g/mol. The molecule has 0 aliphatic heterocycles. The highest BCUT2D eigenvalue weighted by Crippen LogP contribution is 1.80. The van der Waals surface area contributed by atoms with E-state index in [1.165, 1.54) is 0 Å². The molecule has 0 bridgehead atoms. The maximum Gasteiger partial charge on any atom is 0.0701 e. The number of rotatable bonds is 8. The van der Waals surface area contributed by atoms with Crippen molar-refractivity contribution in [1.29, 1.82) is 0 Å². The minimum absolute atomic E-state index is 0.0675. The summed E-state index contributed by atoms with van der Waals surface area (Å²) in [6.45, 7) is 2.75. The predicted molar refractivity (Wildman–Crippen MR) is 67.0 cm³/mol. The van der Waals surface area contributed by atoms with Gasteiger partial charge in [-0.15, -0.1) is 0 Å². The molecule has 0 aliphatic rings. The Morgan fingerprint density at radius 1 is 0.706 bits per heavy atom. The zero-order valence-corrected chi connectivity index (χ0v) is 10.4. The summed E-state index contributed by atoms with van der Waals surface area (Å²) in [5.74, 6) is 0. The molecule has 0 saturated heterocycles. The van der Waals surface area contributed by atoms with Gasteiger partial charge < -0.3 is 19.3 Å². The first-order valence-corrected chi connectivity index (χ1v) is 5.67. The van der Waals surface area contributed by atoms with E-state index in [2.05, 4.69) is 0 Å². The molecule has 0 aromatic heterocycles. The quantitative estimate of drug-likeness (QED) is 0.699. The number of benzene rings is 1. The van der Waals surface area contributed by atoms with Gasteiger partial charge in [0.2, 0.25) is 0 Å². The molecule has 0 spiro atoms. The Morgan fingerprint density at radius 3 is 1.53 bits per heavy atom. The van der Waals surface area contributed by atoms with Gasteiger partial charge >= 0.3 is 0 Å². The van der Waals surface area contributed by atoms with E-state index in [0.717, 1.165) is 0 Å². The van der Waals surface area contributed by atoms with Crippen LogP contribution in [0, 0.1) is 0 Å². The molecule has 1 N–H and O–H groups in total. The number of ether oxygens (including phenoxy) is 3. The van der Waals surface area contributed by atoms with Crippen LogP contribution in [-0.4, -0.2) is 51.9 Å². The molecule has 0 radical (unpaired) electrons. The van der Waals surface area contributed by atoms with Crippen LogP contribution >= 0.6 is 0 Å². The van der Waals surface area contributed by atoms with Crippen molar-refractivity contribution in [3.63, 3.8) is 0 Å². The van der Waals surface area contributed by atoms with Gasteiger partial charge in [-0.1, -0.05) is 36.4 Å². The SMILES string of the molecule is COCCOCCOCCO.c1ccccc1. The van der Waals surface area contributed by atoms with Crippen molar-refractivity contribution < 1.29 is 19.3 Å². The Balaban J connectivity index is 0.000000354. The second kappa shape index (κ2) is 15.1. The third-order valence-electron chi connectivity index (χ3n) is 1.71. The molecule has 1 aromatic carbocycles. The minimum atomic E-state index is 0.0675. The largest absolute Gasteiger partial charge is 0.394 e. The fourth-order valence-electron chi connectivity index (χ4n) is 0.914. The van der Waals surface area contributed by atoms with Crippen LogP contribution in [0.2, 0.25) is 0 Å². The maximum atomic E-state index is 8.32. The highest BCUT2D eigenvalue weighted by Gasteiger charge is 1.87. The Kier molecular flexibility index (Phi) is 14.2. The summed E-state index contributed by atoms with van der Waals surface area (Å²) in [5, 5.41) is 8.32. The molecule has 4 heteroatoms. The highest BCUT2D eigenvalue weighted by atomic mass is 16.5. The average Bonchev–Trinajstić information content (AvgIpc) is 2.41. The first kappa shape index (κ1) is 16.1. The number of methoxy groups -OCH3 is 1. The smallest absolute Gasteiger partial charge is 0.0701 e. The summed E-state index contributed by atoms with van der Waals surface area (Å²) >= 11 is 0. The first-order chi connectivity index (χ1) is 8.41. The lowest BCUT2D eigenvalue weighted by atomic mass is 10.4. The molecule has 0 atom stereocenters. The molecule has 0 heterocycles. The molecule has 17 heavy (non-hydrogen) atoms. The van der Waals surface area contributed by atoms with Gasteiger partial charge in [-0.25, -0.2) is 0 Å². The van der Waals surface area contributed by atoms with Crippen LogP contribution < -0.4 is 0 Å². The molecule has 1 rings (SSSR count). The van der Waals surface area contributed by atoms with E-state index in [0.29, 0.717) is 33.0 Å². The molecule has 1 aromatic rings. The summed E-state index contributed by atoms with van der Waals surface area (Å²) in [6.07, 6.45) is 0. The molecule has 0 fully saturated rings. The van der Waals surface area contributed by atoms with Crippen molar-refractivity contribution >= 4 is 0 Å². The van der Waals surface area contributed by atoms with Gasteiger partial charge in [-0.3, -0.25) is 0 Å². The molecule has 98 valence electrons. The van der Waals surface area contributed by atoms with Crippen LogP contribution in [0.1, 0.15) is 0 Å². The summed E-state index contributed by atoms with van der Waals surface area (Å²) in [6, 6.07) is 12.0. The van der Waals surface area contributed by atoms with Crippen molar-refractivity contribution in [2.75, 3.05) is 46.8 Å². The van der Waals surface area contributed by atoms with Crippen LogP contribution in [0.25, 0.3) is 0 Å². The number of hydrogen-bond donors (Lipinski definition) is 1. The lowest BCUT2D eigenvalue weighted by Gasteiger charge is -2.03. The van der Waals surface area contributed by atoms with Crippen molar-refractivity contribution in [2.45, 2.75) is 0 Å². The third kappa shape index (κ3) is 15.1. The zero-order chi connectivity index (χ0) is 12.6. The van der Waals surface area contributed by atoms with Crippen molar-refractivity contribution in [3.8, 4) is 0 Å². The van der Waals surface area contributed by atoms with Gasteiger partial charge in [0, 0.05) is 7.11 Å². The molecule has 0 unspecified atom stereocenters. The van der Waals surface area contributed by atoms with Gasteiger partial charge in [0.05, 0.1) is 39.6 Å². The Bertz CT molecular complexity index is 181. The van der Waals surface area contributed by atoms with Gasteiger partial charge in [0.1, 0.15) is 0 Å². The fraction of sp³-hybridized carbons (Fsp3) is 0.538. The van der Waals surface area contributed by atoms with Crippen LogP contribution in [0.5, 0.6) is 0 Å². The van der Waals surface area contributed by atoms with Gasteiger partial charge in [-0.2, -0.15) is 0 Å². The second-order valence-electron chi connectivity index (χ2n) is 3.10. The maximum absolute atomic E-state index is 8.32. The van der Waals surface area contributed by atoms with E-state index >= 15 is 0 Å². The summed E-state index contributed by atoms with van der Waals surface area (Å²) in [5.41, 5.74) is 0. The number of aliphatic hydroxyl groups is 1. The zero-order valence-electron chi connectivity index (χ0n) is 10.4. The van der Waals surface area contributed by atoms with Crippen LogP contribution in [-0.2, 0) is 14.2 Å². The van der Waals surface area contributed by atoms with Crippen molar-refractivity contribution in [2.24, 2.45) is 0 Å². The second-order valence-corrected chi connectivity index (χ2v) is 3.10. The van der Waals surface area contributed by atoms with Crippen molar-refractivity contribution in [3.05, 3.63) is 36.4 Å². The Hall–Kier alpha value is -0.940. The average molecular weight is 242 g/mol. The highest BCUT2D eigenvalue weighted by molar-refractivity contribution is 4.99. The van der Waals surface area contributed by atoms with Gasteiger partial charge in [-0.05, 0) is 0 Å². The minimum Gasteiger partial charge on any atom is -0.394 e. The summed E-state index contributed by atoms with van der Waals surface area (Å²) in [7, 11) is 1.63.